The highest BCUT2D eigenvalue weighted by atomic mass is 16.4. The number of hydrogen-bond acceptors (Lipinski definition) is 5. The lowest BCUT2D eigenvalue weighted by Gasteiger charge is -2.28. The van der Waals surface area contributed by atoms with Crippen molar-refractivity contribution in [3.63, 3.8) is 0 Å². The van der Waals surface area contributed by atoms with Gasteiger partial charge in [-0.1, -0.05) is 63.3 Å². The Balaban J connectivity index is 2.38. The van der Waals surface area contributed by atoms with Gasteiger partial charge in [-0.3, -0.25) is 24.0 Å². The summed E-state index contributed by atoms with van der Waals surface area (Å²) >= 11 is 0. The lowest BCUT2D eigenvalue weighted by atomic mass is 9.94. The average molecular weight is 515 g/mol. The fourth-order valence-electron chi connectivity index (χ4n) is 3.97. The number of hydrogen-bond donors (Lipinski definition) is 5. The number of allylic oxidation sites excluding steroid dienone is 1. The first-order chi connectivity index (χ1) is 17.5. The molecule has 10 nitrogen and oxygen atoms in total. The number of carbonyl (C=O) groups is 5. The first kappa shape index (κ1) is 29.5. The zero-order chi connectivity index (χ0) is 27.5. The van der Waals surface area contributed by atoms with Gasteiger partial charge in [-0.05, 0) is 31.2 Å². The molecule has 5 N–H and O–H groups in total. The minimum Gasteiger partial charge on any atom is -0.481 e. The van der Waals surface area contributed by atoms with E-state index in [1.54, 1.807) is 32.9 Å². The third kappa shape index (κ3) is 9.36. The first-order valence-corrected chi connectivity index (χ1v) is 12.6. The number of nitrogens with one attached hydrogen (secondary N) is 4. The van der Waals surface area contributed by atoms with Crippen molar-refractivity contribution in [2.24, 2.45) is 11.8 Å². The summed E-state index contributed by atoms with van der Waals surface area (Å²) in [5.41, 5.74) is 0.833. The van der Waals surface area contributed by atoms with Crippen LogP contribution in [0.2, 0.25) is 0 Å². The smallest absolute Gasteiger partial charge is 0.303 e. The van der Waals surface area contributed by atoms with Crippen LogP contribution in [0.15, 0.2) is 42.5 Å². The largest absolute Gasteiger partial charge is 0.481 e. The summed E-state index contributed by atoms with van der Waals surface area (Å²) in [7, 11) is 0. The minimum atomic E-state index is -0.940. The van der Waals surface area contributed by atoms with Gasteiger partial charge in [-0.2, -0.15) is 0 Å². The van der Waals surface area contributed by atoms with Crippen LogP contribution in [-0.2, 0) is 30.4 Å². The van der Waals surface area contributed by atoms with Crippen molar-refractivity contribution in [3.05, 3.63) is 48.0 Å². The zero-order valence-electron chi connectivity index (χ0n) is 21.8. The van der Waals surface area contributed by atoms with Crippen molar-refractivity contribution >= 4 is 29.6 Å². The fraction of sp³-hybridized carbons (Fsp3) is 0.519. The molecule has 37 heavy (non-hydrogen) atoms. The summed E-state index contributed by atoms with van der Waals surface area (Å²) in [4.78, 5) is 63.2. The molecule has 4 amide bonds. The highest BCUT2D eigenvalue weighted by Gasteiger charge is 2.34. The summed E-state index contributed by atoms with van der Waals surface area (Å²) in [5, 5.41) is 19.9. The molecule has 1 fully saturated rings. The van der Waals surface area contributed by atoms with Crippen molar-refractivity contribution in [2.45, 2.75) is 77.5 Å². The van der Waals surface area contributed by atoms with Gasteiger partial charge in [0.1, 0.15) is 18.1 Å². The molecule has 0 aliphatic carbocycles. The van der Waals surface area contributed by atoms with E-state index in [1.807, 2.05) is 30.3 Å². The molecule has 5 atom stereocenters. The molecule has 0 radical (unpaired) electrons. The Morgan fingerprint density at radius 3 is 2.19 bits per heavy atom. The molecule has 202 valence electrons. The summed E-state index contributed by atoms with van der Waals surface area (Å²) in [5.74, 6) is -3.75. The van der Waals surface area contributed by atoms with E-state index in [2.05, 4.69) is 21.3 Å². The van der Waals surface area contributed by atoms with Crippen LogP contribution in [0.25, 0.3) is 0 Å². The maximum absolute atomic E-state index is 13.4. The standard InChI is InChI=1S/C27H38N4O6/c1-16(2)23-27(37)28-18(4)25(35)30-21(15-19-11-7-5-8-12-19)26(36)29-20(17(3)24(34)31-23)13-9-6-10-14-22(32)33/h5-9,11-12,16-18,20-21,23H,10,13-15H2,1-4H3,(H,28,37)(H,29,36)(H,30,35)(H,31,34)(H,32,33)/b9-6-/t17-,18+,20?,21?,23+/m0/s1. The second-order valence-electron chi connectivity index (χ2n) is 9.75. The van der Waals surface area contributed by atoms with Crippen molar-refractivity contribution in [1.82, 2.24) is 21.3 Å². The van der Waals surface area contributed by atoms with E-state index in [-0.39, 0.29) is 25.2 Å². The molecule has 1 saturated heterocycles. The molecule has 10 heteroatoms. The monoisotopic (exact) mass is 514 g/mol. The highest BCUT2D eigenvalue weighted by molar-refractivity contribution is 5.95. The normalized spacial score (nSPS) is 25.8. The molecule has 1 aromatic rings. The van der Waals surface area contributed by atoms with E-state index in [4.69, 9.17) is 5.11 Å². The molecule has 2 unspecified atom stereocenters. The Morgan fingerprint density at radius 2 is 1.57 bits per heavy atom. The van der Waals surface area contributed by atoms with Crippen molar-refractivity contribution < 1.29 is 29.1 Å². The molecule has 0 bridgehead atoms. The van der Waals surface area contributed by atoms with Crippen molar-refractivity contribution in [1.29, 1.82) is 0 Å². The summed E-state index contributed by atoms with van der Waals surface area (Å²) in [6.45, 7) is 6.77. The van der Waals surface area contributed by atoms with Gasteiger partial charge in [-0.25, -0.2) is 0 Å². The zero-order valence-corrected chi connectivity index (χ0v) is 21.8. The van der Waals surface area contributed by atoms with Gasteiger partial charge in [-0.15, -0.1) is 0 Å². The second-order valence-corrected chi connectivity index (χ2v) is 9.75. The Hall–Kier alpha value is -3.69. The quantitative estimate of drug-likeness (QED) is 0.330. The fourth-order valence-corrected chi connectivity index (χ4v) is 3.97. The molecular formula is C27H38N4O6. The lowest BCUT2D eigenvalue weighted by molar-refractivity contribution is -0.137. The van der Waals surface area contributed by atoms with Crippen LogP contribution in [-0.4, -0.2) is 58.9 Å². The number of rotatable bonds is 8. The number of aliphatic carboxylic acids is 1. The maximum Gasteiger partial charge on any atom is 0.303 e. The van der Waals surface area contributed by atoms with Gasteiger partial charge < -0.3 is 26.4 Å². The van der Waals surface area contributed by atoms with Gasteiger partial charge in [0.15, 0.2) is 0 Å². The van der Waals surface area contributed by atoms with Gasteiger partial charge >= 0.3 is 5.97 Å². The number of carboxylic acids is 1. The van der Waals surface area contributed by atoms with E-state index >= 15 is 0 Å². The summed E-state index contributed by atoms with van der Waals surface area (Å²) in [6.07, 6.45) is 4.20. The molecule has 2 rings (SSSR count). The lowest BCUT2D eigenvalue weighted by Crippen LogP contribution is -2.56. The molecule has 1 aromatic carbocycles. The molecule has 1 aliphatic heterocycles. The first-order valence-electron chi connectivity index (χ1n) is 12.6. The molecule has 0 spiro atoms. The van der Waals surface area contributed by atoms with E-state index < -0.39 is 59.7 Å². The second kappa shape index (κ2) is 14.2. The average Bonchev–Trinajstić information content (AvgIpc) is 2.84. The molecular weight excluding hydrogens is 476 g/mol. The molecule has 0 aromatic heterocycles. The molecule has 1 aliphatic rings. The summed E-state index contributed by atoms with van der Waals surface area (Å²) < 4.78 is 0. The Labute approximate surface area is 217 Å². The SMILES string of the molecule is CC(C)[C@H]1NC(=O)[C@@H](C)C(C/C=C\CCC(=O)O)NC(=O)C(Cc2ccccc2)NC(=O)[C@@H](C)NC1=O. The van der Waals surface area contributed by atoms with E-state index in [9.17, 15) is 24.0 Å². The minimum absolute atomic E-state index is 0.0297. The maximum atomic E-state index is 13.4. The van der Waals surface area contributed by atoms with Crippen molar-refractivity contribution in [3.8, 4) is 0 Å². The number of carboxylic acid groups (broad SMARTS) is 1. The van der Waals surface area contributed by atoms with E-state index in [1.165, 1.54) is 6.92 Å². The van der Waals surface area contributed by atoms with Gasteiger partial charge in [0.25, 0.3) is 0 Å². The Morgan fingerprint density at radius 1 is 0.892 bits per heavy atom. The van der Waals surface area contributed by atoms with Crippen molar-refractivity contribution in [2.75, 3.05) is 0 Å². The Kier molecular flexibility index (Phi) is 11.3. The molecule has 1 heterocycles. The van der Waals surface area contributed by atoms with Crippen LogP contribution in [0, 0.1) is 11.8 Å². The third-order valence-electron chi connectivity index (χ3n) is 6.34. The number of benzene rings is 1. The Bertz CT molecular complexity index is 994. The van der Waals surface area contributed by atoms with Crippen LogP contribution >= 0.6 is 0 Å². The summed E-state index contributed by atoms with van der Waals surface area (Å²) in [6, 6.07) is 5.82. The van der Waals surface area contributed by atoms with Gasteiger partial charge in [0, 0.05) is 18.9 Å². The predicted molar refractivity (Wildman–Crippen MR) is 138 cm³/mol. The highest BCUT2D eigenvalue weighted by Crippen LogP contribution is 2.14. The number of amides is 4. The number of carbonyl (C=O) groups excluding carboxylic acids is 4. The van der Waals surface area contributed by atoms with Crippen LogP contribution in [0.3, 0.4) is 0 Å². The third-order valence-corrected chi connectivity index (χ3v) is 6.34. The van der Waals surface area contributed by atoms with Gasteiger partial charge in [0.05, 0.1) is 5.92 Å². The van der Waals surface area contributed by atoms with Crippen LogP contribution < -0.4 is 21.3 Å². The van der Waals surface area contributed by atoms with Crippen LogP contribution in [0.4, 0.5) is 0 Å². The van der Waals surface area contributed by atoms with E-state index in [0.29, 0.717) is 6.42 Å². The van der Waals surface area contributed by atoms with Gasteiger partial charge in [0.2, 0.25) is 23.6 Å². The van der Waals surface area contributed by atoms with E-state index in [0.717, 1.165) is 5.56 Å². The van der Waals surface area contributed by atoms with Crippen LogP contribution in [0.1, 0.15) is 52.5 Å². The van der Waals surface area contributed by atoms with Crippen LogP contribution in [0.5, 0.6) is 0 Å². The molecule has 0 saturated carbocycles. The predicted octanol–water partition coefficient (Wildman–Crippen LogP) is 1.31. The topological polar surface area (TPSA) is 154 Å².